The molecule has 0 aliphatic rings. The number of rotatable bonds is 9. The third-order valence-corrected chi connectivity index (χ3v) is 2.61. The van der Waals surface area contributed by atoms with Crippen LogP contribution >= 0.6 is 0 Å². The lowest BCUT2D eigenvalue weighted by atomic mass is 10.2. The molecule has 0 fully saturated rings. The van der Waals surface area contributed by atoms with E-state index < -0.39 is 5.97 Å². The lowest BCUT2D eigenvalue weighted by molar-refractivity contribution is 0.0696. The third-order valence-electron chi connectivity index (χ3n) is 2.61. The molecule has 0 atom stereocenters. The van der Waals surface area contributed by atoms with Crippen LogP contribution in [0.15, 0.2) is 12.1 Å². The third kappa shape index (κ3) is 5.70. The van der Waals surface area contributed by atoms with E-state index in [4.69, 9.17) is 9.84 Å². The second kappa shape index (κ2) is 8.48. The molecule has 0 saturated carbocycles. The van der Waals surface area contributed by atoms with E-state index >= 15 is 0 Å². The first-order valence-corrected chi connectivity index (χ1v) is 6.73. The Bertz CT molecular complexity index is 408. The minimum absolute atomic E-state index is 0.275. The van der Waals surface area contributed by atoms with Gasteiger partial charge in [-0.25, -0.2) is 9.78 Å². The monoisotopic (exact) mass is 266 g/mol. The van der Waals surface area contributed by atoms with Crippen LogP contribution in [0.1, 0.15) is 42.7 Å². The number of ether oxygens (including phenoxy) is 1. The average Bonchev–Trinajstić information content (AvgIpc) is 2.42. The summed E-state index contributed by atoms with van der Waals surface area (Å²) >= 11 is 0. The van der Waals surface area contributed by atoms with E-state index in [-0.39, 0.29) is 5.56 Å². The number of nitrogens with zero attached hydrogens (tertiary/aromatic N) is 1. The molecule has 1 aromatic rings. The van der Waals surface area contributed by atoms with Gasteiger partial charge in [0, 0.05) is 25.5 Å². The van der Waals surface area contributed by atoms with Crippen LogP contribution in [0.5, 0.6) is 0 Å². The van der Waals surface area contributed by atoms with E-state index in [0.717, 1.165) is 38.1 Å². The van der Waals surface area contributed by atoms with Crippen molar-refractivity contribution in [3.63, 3.8) is 0 Å². The minimum Gasteiger partial charge on any atom is -0.478 e. The predicted molar refractivity (Wildman–Crippen MR) is 74.8 cm³/mol. The average molecular weight is 266 g/mol. The molecule has 0 bridgehead atoms. The maximum Gasteiger partial charge on any atom is 0.335 e. The van der Waals surface area contributed by atoms with Gasteiger partial charge in [0.05, 0.1) is 5.56 Å². The molecule has 5 nitrogen and oxygen atoms in total. The minimum atomic E-state index is -0.925. The molecular weight excluding hydrogens is 244 g/mol. The highest BCUT2D eigenvalue weighted by molar-refractivity contribution is 5.88. The summed E-state index contributed by atoms with van der Waals surface area (Å²) in [5.41, 5.74) is 1.06. The second-order valence-electron chi connectivity index (χ2n) is 4.28. The number of carboxylic acids is 1. The summed E-state index contributed by atoms with van der Waals surface area (Å²) in [4.78, 5) is 15.3. The quantitative estimate of drug-likeness (QED) is 0.672. The highest BCUT2D eigenvalue weighted by Crippen LogP contribution is 2.11. The van der Waals surface area contributed by atoms with Crippen molar-refractivity contribution in [2.75, 3.05) is 25.1 Å². The van der Waals surface area contributed by atoms with Crippen LogP contribution in [0.4, 0.5) is 5.82 Å². The Kier molecular flexibility index (Phi) is 6.89. The van der Waals surface area contributed by atoms with Crippen LogP contribution in [-0.4, -0.2) is 35.8 Å². The van der Waals surface area contributed by atoms with Gasteiger partial charge in [0.2, 0.25) is 0 Å². The number of carboxylic acid groups (broad SMARTS) is 1. The van der Waals surface area contributed by atoms with Crippen LogP contribution in [-0.2, 0) is 11.2 Å². The van der Waals surface area contributed by atoms with Gasteiger partial charge in [-0.3, -0.25) is 0 Å². The number of aromatic nitrogens is 1. The van der Waals surface area contributed by atoms with Crippen molar-refractivity contribution < 1.29 is 14.6 Å². The lowest BCUT2D eigenvalue weighted by Gasteiger charge is -2.08. The van der Waals surface area contributed by atoms with Crippen LogP contribution < -0.4 is 5.32 Å². The molecule has 5 heteroatoms. The van der Waals surface area contributed by atoms with E-state index in [0.29, 0.717) is 12.4 Å². The molecule has 19 heavy (non-hydrogen) atoms. The maximum atomic E-state index is 11.0. The fraction of sp³-hybridized carbons (Fsp3) is 0.571. The molecule has 0 radical (unpaired) electrons. The van der Waals surface area contributed by atoms with Crippen LogP contribution in [0, 0.1) is 0 Å². The van der Waals surface area contributed by atoms with Gasteiger partial charge in [-0.15, -0.1) is 0 Å². The number of pyridine rings is 1. The van der Waals surface area contributed by atoms with Gasteiger partial charge >= 0.3 is 5.97 Å². The fourth-order valence-corrected chi connectivity index (χ4v) is 1.62. The molecule has 0 amide bonds. The SMILES string of the molecule is CCCOCCCNc1cc(C(=O)O)cc(CC)n1. The summed E-state index contributed by atoms with van der Waals surface area (Å²) in [6, 6.07) is 3.17. The van der Waals surface area contributed by atoms with Gasteiger partial charge in [0.25, 0.3) is 0 Å². The van der Waals surface area contributed by atoms with Gasteiger partial charge < -0.3 is 15.2 Å². The summed E-state index contributed by atoms with van der Waals surface area (Å²) < 4.78 is 5.37. The molecule has 1 heterocycles. The van der Waals surface area contributed by atoms with Crippen molar-refractivity contribution in [3.8, 4) is 0 Å². The molecule has 1 rings (SSSR count). The summed E-state index contributed by atoms with van der Waals surface area (Å²) in [5, 5.41) is 12.2. The topological polar surface area (TPSA) is 71.5 Å². The molecule has 2 N–H and O–H groups in total. The molecule has 1 aromatic heterocycles. The molecule has 106 valence electrons. The first kappa shape index (κ1) is 15.4. The Hall–Kier alpha value is -1.62. The Morgan fingerprint density at radius 1 is 1.37 bits per heavy atom. The number of hydrogen-bond donors (Lipinski definition) is 2. The Morgan fingerprint density at radius 2 is 2.16 bits per heavy atom. The van der Waals surface area contributed by atoms with E-state index in [1.807, 2.05) is 6.92 Å². The Labute approximate surface area is 114 Å². The van der Waals surface area contributed by atoms with Crippen LogP contribution in [0.25, 0.3) is 0 Å². The number of nitrogens with one attached hydrogen (secondary N) is 1. The van der Waals surface area contributed by atoms with E-state index in [1.54, 1.807) is 12.1 Å². The Balaban J connectivity index is 2.48. The molecule has 0 spiro atoms. The number of carbonyl (C=O) groups is 1. The van der Waals surface area contributed by atoms with Gasteiger partial charge in [-0.05, 0) is 31.4 Å². The molecule has 0 aromatic carbocycles. The standard InChI is InChI=1S/C14H22N2O3/c1-3-7-19-8-5-6-15-13-10-11(14(17)18)9-12(4-2)16-13/h9-10H,3-8H2,1-2H3,(H,15,16)(H,17,18). The molecule has 0 aliphatic heterocycles. The maximum absolute atomic E-state index is 11.0. The van der Waals surface area contributed by atoms with Crippen LogP contribution in [0.3, 0.4) is 0 Å². The fourth-order valence-electron chi connectivity index (χ4n) is 1.62. The van der Waals surface area contributed by atoms with Crippen molar-refractivity contribution in [1.29, 1.82) is 0 Å². The zero-order valence-corrected chi connectivity index (χ0v) is 11.6. The summed E-state index contributed by atoms with van der Waals surface area (Å²) in [6.07, 6.45) is 2.62. The number of aromatic carboxylic acids is 1. The lowest BCUT2D eigenvalue weighted by Crippen LogP contribution is -2.09. The number of hydrogen-bond acceptors (Lipinski definition) is 4. The van der Waals surface area contributed by atoms with E-state index in [1.165, 1.54) is 0 Å². The largest absolute Gasteiger partial charge is 0.478 e. The number of aryl methyl sites for hydroxylation is 1. The summed E-state index contributed by atoms with van der Waals surface area (Å²) in [6.45, 7) is 6.25. The van der Waals surface area contributed by atoms with E-state index in [9.17, 15) is 4.79 Å². The predicted octanol–water partition coefficient (Wildman–Crippen LogP) is 2.57. The zero-order chi connectivity index (χ0) is 14.1. The zero-order valence-electron chi connectivity index (χ0n) is 11.6. The van der Waals surface area contributed by atoms with Gasteiger partial charge in [-0.1, -0.05) is 13.8 Å². The molecule has 0 saturated heterocycles. The molecule has 0 unspecified atom stereocenters. The van der Waals surface area contributed by atoms with Crippen molar-refractivity contribution >= 4 is 11.8 Å². The number of anilines is 1. The van der Waals surface area contributed by atoms with Crippen molar-refractivity contribution in [3.05, 3.63) is 23.4 Å². The first-order chi connectivity index (χ1) is 9.17. The van der Waals surface area contributed by atoms with Crippen LogP contribution in [0.2, 0.25) is 0 Å². The van der Waals surface area contributed by atoms with E-state index in [2.05, 4.69) is 17.2 Å². The smallest absolute Gasteiger partial charge is 0.335 e. The summed E-state index contributed by atoms with van der Waals surface area (Å²) in [5.74, 6) is -0.307. The van der Waals surface area contributed by atoms with Gasteiger partial charge in [0.15, 0.2) is 0 Å². The van der Waals surface area contributed by atoms with Crippen molar-refractivity contribution in [1.82, 2.24) is 4.98 Å². The molecule has 0 aliphatic carbocycles. The second-order valence-corrected chi connectivity index (χ2v) is 4.28. The highest BCUT2D eigenvalue weighted by Gasteiger charge is 2.07. The van der Waals surface area contributed by atoms with Gasteiger partial charge in [-0.2, -0.15) is 0 Å². The Morgan fingerprint density at radius 3 is 2.79 bits per heavy atom. The summed E-state index contributed by atoms with van der Waals surface area (Å²) in [7, 11) is 0. The highest BCUT2D eigenvalue weighted by atomic mass is 16.5. The van der Waals surface area contributed by atoms with Crippen molar-refractivity contribution in [2.45, 2.75) is 33.1 Å². The molecular formula is C14H22N2O3. The van der Waals surface area contributed by atoms with Crippen molar-refractivity contribution in [2.24, 2.45) is 0 Å². The first-order valence-electron chi connectivity index (χ1n) is 6.73. The van der Waals surface area contributed by atoms with Gasteiger partial charge in [0.1, 0.15) is 5.82 Å². The normalized spacial score (nSPS) is 10.4.